The average molecular weight is 496 g/mol. The molecule has 0 bridgehead atoms. The summed E-state index contributed by atoms with van der Waals surface area (Å²) in [5.74, 6) is -25.5. The van der Waals surface area contributed by atoms with E-state index in [-0.39, 0.29) is 4.43 Å². The first kappa shape index (κ1) is 23.0. The molecule has 0 fully saturated rings. The lowest BCUT2D eigenvalue weighted by Gasteiger charge is -2.37. The fourth-order valence-corrected chi connectivity index (χ4v) is 2.37. The summed E-state index contributed by atoms with van der Waals surface area (Å²) in [5.41, 5.74) is 0. The smallest absolute Gasteiger partial charge is 0.379 e. The van der Waals surface area contributed by atoms with Crippen molar-refractivity contribution in [1.82, 2.24) is 0 Å². The van der Waals surface area contributed by atoms with Gasteiger partial charge in [-0.2, -0.15) is 43.5 Å². The van der Waals surface area contributed by atoms with Crippen LogP contribution >= 0.6 is 22.6 Å². The highest BCUT2D eigenvalue weighted by molar-refractivity contribution is 14.1. The molecule has 14 heteroatoms. The summed E-state index contributed by atoms with van der Waals surface area (Å²) in [7, 11) is -6.53. The highest BCUT2D eigenvalue weighted by atomic mass is 127. The van der Waals surface area contributed by atoms with Crippen molar-refractivity contribution in [3.8, 4) is 0 Å². The van der Waals surface area contributed by atoms with E-state index in [2.05, 4.69) is 4.74 Å². The van der Waals surface area contributed by atoms with Gasteiger partial charge in [-0.3, -0.25) is 0 Å². The average Bonchev–Trinajstić information content (AvgIpc) is 2.30. The molecule has 0 N–H and O–H groups in total. The Bertz CT molecular complexity index is 503. The van der Waals surface area contributed by atoms with Crippen LogP contribution < -0.4 is 0 Å². The van der Waals surface area contributed by atoms with Crippen LogP contribution in [0.15, 0.2) is 0 Å². The molecule has 3 nitrogen and oxygen atoms in total. The fourth-order valence-electron chi connectivity index (χ4n) is 1.29. The third kappa shape index (κ3) is 4.55. The van der Waals surface area contributed by atoms with Gasteiger partial charge in [-0.25, -0.2) is 0 Å². The van der Waals surface area contributed by atoms with E-state index < -0.39 is 59.3 Å². The first-order valence-corrected chi connectivity index (χ1v) is 8.50. The van der Waals surface area contributed by atoms with Crippen LogP contribution in [0.2, 0.25) is 0 Å². The Morgan fingerprint density at radius 3 is 1.74 bits per heavy atom. The van der Waals surface area contributed by atoms with Crippen LogP contribution in [0, 0.1) is 0 Å². The van der Waals surface area contributed by atoms with Crippen LogP contribution in [0.4, 0.5) is 39.0 Å². The third-order valence-corrected chi connectivity index (χ3v) is 4.15. The number of halogens is 10. The van der Waals surface area contributed by atoms with Crippen molar-refractivity contribution in [2.24, 2.45) is 0 Å². The largest absolute Gasteiger partial charge is 0.379 e. The summed E-state index contributed by atoms with van der Waals surface area (Å²) in [5, 5.41) is -4.08. The molecule has 140 valence electrons. The van der Waals surface area contributed by atoms with Crippen molar-refractivity contribution in [2.75, 3.05) is 17.6 Å². The summed E-state index contributed by atoms with van der Waals surface area (Å²) in [4.78, 5) is 0. The lowest BCUT2D eigenvalue weighted by atomic mass is 9.97. The molecule has 0 aromatic carbocycles. The van der Waals surface area contributed by atoms with E-state index >= 15 is 0 Å². The molecule has 0 aliphatic rings. The molecule has 1 atom stereocenters. The number of alkyl halides is 9. The van der Waals surface area contributed by atoms with E-state index in [4.69, 9.17) is 0 Å². The van der Waals surface area contributed by atoms with Crippen molar-refractivity contribution >= 4 is 32.8 Å². The lowest BCUT2D eigenvalue weighted by Crippen LogP contribution is -2.66. The highest BCUT2D eigenvalue weighted by Gasteiger charge is 2.82. The summed E-state index contributed by atoms with van der Waals surface area (Å²) in [6.07, 6.45) is 0. The van der Waals surface area contributed by atoms with Crippen LogP contribution in [0.25, 0.3) is 0 Å². The summed E-state index contributed by atoms with van der Waals surface area (Å²) in [6.45, 7) is -3.17. The van der Waals surface area contributed by atoms with E-state index in [1.165, 1.54) is 0 Å². The number of ether oxygens (including phenoxy) is 1. The summed E-state index contributed by atoms with van der Waals surface area (Å²) < 4.78 is 143. The normalized spacial score (nSPS) is 16.5. The Kier molecular flexibility index (Phi) is 7.10. The standard InChI is InChI=1S/C9H10F9IO3S/c1-6(10,11)8(14,15)9(16,17)7(12,13)5(23(18,20)21)4-22-3-2-19/h5H,2-4H2,1H3. The molecule has 0 aromatic heterocycles. The maximum absolute atomic E-state index is 13.6. The second-order valence-corrected chi connectivity index (χ2v) is 6.99. The Morgan fingerprint density at radius 1 is 1.00 bits per heavy atom. The zero-order chi connectivity index (χ0) is 18.9. The zero-order valence-electron chi connectivity index (χ0n) is 11.1. The predicted octanol–water partition coefficient (Wildman–Crippen LogP) is 3.67. The molecule has 0 heterocycles. The van der Waals surface area contributed by atoms with Gasteiger partial charge < -0.3 is 4.74 Å². The first-order valence-electron chi connectivity index (χ1n) is 5.53. The van der Waals surface area contributed by atoms with Crippen molar-refractivity contribution in [3.05, 3.63) is 0 Å². The Morgan fingerprint density at radius 2 is 1.43 bits per heavy atom. The summed E-state index contributed by atoms with van der Waals surface area (Å²) >= 11 is 1.59. The van der Waals surface area contributed by atoms with E-state index in [1.807, 2.05) is 0 Å². The molecule has 0 amide bonds. The van der Waals surface area contributed by atoms with Gasteiger partial charge in [-0.05, 0) is 0 Å². The molecular formula is C9H10F9IO3S. The second-order valence-electron chi connectivity index (χ2n) is 4.39. The Hall–Kier alpha value is 0.01000. The molecule has 0 saturated carbocycles. The maximum Gasteiger partial charge on any atom is 0.379 e. The number of hydrogen-bond donors (Lipinski definition) is 0. The monoisotopic (exact) mass is 496 g/mol. The number of rotatable bonds is 9. The van der Waals surface area contributed by atoms with Crippen molar-refractivity contribution in [3.63, 3.8) is 0 Å². The van der Waals surface area contributed by atoms with Crippen LogP contribution in [0.5, 0.6) is 0 Å². The quantitative estimate of drug-likeness (QED) is 0.161. The molecule has 0 spiro atoms. The van der Waals surface area contributed by atoms with Crippen molar-refractivity contribution < 1.29 is 52.2 Å². The van der Waals surface area contributed by atoms with Crippen LogP contribution in [0.3, 0.4) is 0 Å². The molecule has 0 radical (unpaired) electrons. The topological polar surface area (TPSA) is 43.4 Å². The van der Waals surface area contributed by atoms with Gasteiger partial charge in [-0.15, -0.1) is 3.89 Å². The molecule has 0 saturated heterocycles. The molecule has 0 aromatic rings. The Labute approximate surface area is 138 Å². The van der Waals surface area contributed by atoms with Gasteiger partial charge in [0.2, 0.25) is 0 Å². The van der Waals surface area contributed by atoms with Crippen LogP contribution in [-0.2, 0) is 15.0 Å². The van der Waals surface area contributed by atoms with Gasteiger partial charge in [0.25, 0.3) is 0 Å². The number of hydrogen-bond acceptors (Lipinski definition) is 3. The minimum atomic E-state index is -6.87. The van der Waals surface area contributed by atoms with Crippen molar-refractivity contribution in [2.45, 2.75) is 35.9 Å². The van der Waals surface area contributed by atoms with E-state index in [1.54, 1.807) is 22.6 Å². The van der Waals surface area contributed by atoms with E-state index in [9.17, 15) is 47.4 Å². The van der Waals surface area contributed by atoms with E-state index in [0.29, 0.717) is 0 Å². The van der Waals surface area contributed by atoms with E-state index in [0.717, 1.165) is 0 Å². The lowest BCUT2D eigenvalue weighted by molar-refractivity contribution is -0.362. The molecule has 0 aliphatic carbocycles. The summed E-state index contributed by atoms with van der Waals surface area (Å²) in [6, 6.07) is 0. The van der Waals surface area contributed by atoms with Gasteiger partial charge in [0.05, 0.1) is 13.2 Å². The first-order chi connectivity index (χ1) is 9.94. The molecule has 0 aliphatic heterocycles. The van der Waals surface area contributed by atoms with Gasteiger partial charge >= 0.3 is 33.9 Å². The molecule has 23 heavy (non-hydrogen) atoms. The Balaban J connectivity index is 5.94. The minimum absolute atomic E-state index is 0.0436. The van der Waals surface area contributed by atoms with Gasteiger partial charge in [0, 0.05) is 11.4 Å². The third-order valence-electron chi connectivity index (χ3n) is 2.60. The molecular weight excluding hydrogens is 486 g/mol. The SMILES string of the molecule is CC(F)(F)C(F)(F)C(F)(F)C(F)(F)C(COCCI)S(=O)(=O)F. The fraction of sp³-hybridized carbons (Fsp3) is 1.00. The highest BCUT2D eigenvalue weighted by Crippen LogP contribution is 2.54. The maximum atomic E-state index is 13.6. The molecule has 1 unspecified atom stereocenters. The van der Waals surface area contributed by atoms with Gasteiger partial charge in [0.15, 0.2) is 5.25 Å². The van der Waals surface area contributed by atoms with Crippen molar-refractivity contribution in [1.29, 1.82) is 0 Å². The van der Waals surface area contributed by atoms with Crippen LogP contribution in [0.1, 0.15) is 6.92 Å². The van der Waals surface area contributed by atoms with Gasteiger partial charge in [-0.1, -0.05) is 22.6 Å². The second kappa shape index (κ2) is 7.09. The van der Waals surface area contributed by atoms with Gasteiger partial charge in [0.1, 0.15) is 0 Å². The van der Waals surface area contributed by atoms with Crippen LogP contribution in [-0.4, -0.2) is 55.0 Å². The predicted molar refractivity (Wildman–Crippen MR) is 69.0 cm³/mol. The molecule has 0 rings (SSSR count). The minimum Gasteiger partial charge on any atom is -0.379 e. The zero-order valence-corrected chi connectivity index (χ0v) is 14.1.